The van der Waals surface area contributed by atoms with Crippen LogP contribution in [0.2, 0.25) is 0 Å². The van der Waals surface area contributed by atoms with E-state index in [4.69, 9.17) is 29.3 Å². The van der Waals surface area contributed by atoms with Gasteiger partial charge in [0.1, 0.15) is 5.75 Å². The number of ether oxygens (including phenoxy) is 2. The number of nitrogens with one attached hydrogen (secondary N) is 1. The van der Waals surface area contributed by atoms with Gasteiger partial charge >= 0.3 is 0 Å². The number of hydrogen-bond acceptors (Lipinski definition) is 8. The predicted octanol–water partition coefficient (Wildman–Crippen LogP) is -3.11. The van der Waals surface area contributed by atoms with Crippen LogP contribution in [0, 0.1) is 0 Å². The monoisotopic (exact) mass is 336 g/mol. The Labute approximate surface area is 137 Å². The molecular weight excluding hydrogens is 320 g/mol. The molecule has 1 saturated heterocycles. The second-order valence-corrected chi connectivity index (χ2v) is 5.03. The van der Waals surface area contributed by atoms with E-state index in [1.165, 1.54) is 0 Å². The Kier molecular flexibility index (Phi) is 6.10. The number of carboxylic acids is 2. The average molecular weight is 336 g/mol. The fourth-order valence-electron chi connectivity index (χ4n) is 2.29. The molecule has 1 amide bonds. The zero-order valence-electron chi connectivity index (χ0n) is 12.7. The van der Waals surface area contributed by atoms with E-state index in [1.807, 2.05) is 24.3 Å². The first-order valence-corrected chi connectivity index (χ1v) is 7.26. The Morgan fingerprint density at radius 2 is 1.96 bits per heavy atom. The number of carbonyl (C=O) groups excluding carboxylic acids is 3. The maximum atomic E-state index is 12.0. The van der Waals surface area contributed by atoms with Crippen LogP contribution in [0.5, 0.6) is 5.75 Å². The molecule has 1 N–H and O–H groups in total. The third-order valence-corrected chi connectivity index (χ3v) is 3.37. The van der Waals surface area contributed by atoms with Crippen molar-refractivity contribution in [3.8, 4) is 5.75 Å². The van der Waals surface area contributed by atoms with E-state index in [9.17, 15) is 4.79 Å². The highest BCUT2D eigenvalue weighted by molar-refractivity contribution is 6.25. The molecule has 0 spiro atoms. The van der Waals surface area contributed by atoms with E-state index in [-0.39, 0.29) is 18.6 Å². The summed E-state index contributed by atoms with van der Waals surface area (Å²) in [6.07, 6.45) is 0.0499. The predicted molar refractivity (Wildman–Crippen MR) is 76.9 cm³/mol. The standard InChI is InChI=1S/C13H16N2O3.C2H2O4/c16-13-9-18-12-4-2-1-3-11(12)15(13)8-10-7-14-5-6-17-10;3-1(4)2(5)6/h1-4,10,14H,5-9H2;(H,3,4)(H,5,6)/p-2. The number of aliphatic carboxylic acids is 2. The van der Waals surface area contributed by atoms with E-state index in [2.05, 4.69) is 5.32 Å². The Morgan fingerprint density at radius 3 is 2.58 bits per heavy atom. The van der Waals surface area contributed by atoms with Gasteiger partial charge in [0.05, 0.1) is 36.9 Å². The molecule has 9 heteroatoms. The first kappa shape index (κ1) is 17.7. The van der Waals surface area contributed by atoms with Gasteiger partial charge in [0.2, 0.25) is 0 Å². The van der Waals surface area contributed by atoms with E-state index in [0.29, 0.717) is 13.2 Å². The maximum Gasteiger partial charge on any atom is 0.265 e. The van der Waals surface area contributed by atoms with Gasteiger partial charge in [0.15, 0.2) is 6.61 Å². The summed E-state index contributed by atoms with van der Waals surface area (Å²) in [4.78, 5) is 31.6. The van der Waals surface area contributed by atoms with Crippen LogP contribution in [0.1, 0.15) is 0 Å². The van der Waals surface area contributed by atoms with E-state index in [0.717, 1.165) is 24.5 Å². The Morgan fingerprint density at radius 1 is 1.25 bits per heavy atom. The molecule has 1 aromatic carbocycles. The zero-order valence-corrected chi connectivity index (χ0v) is 12.7. The first-order valence-electron chi connectivity index (χ1n) is 7.26. The number of benzene rings is 1. The maximum absolute atomic E-state index is 12.0. The summed E-state index contributed by atoms with van der Waals surface area (Å²) in [7, 11) is 0. The van der Waals surface area contributed by atoms with Crippen molar-refractivity contribution in [2.24, 2.45) is 0 Å². The fraction of sp³-hybridized carbons (Fsp3) is 0.400. The van der Waals surface area contributed by atoms with Gasteiger partial charge in [-0.1, -0.05) is 12.1 Å². The van der Waals surface area contributed by atoms with Crippen molar-refractivity contribution in [3.05, 3.63) is 24.3 Å². The van der Waals surface area contributed by atoms with Crippen molar-refractivity contribution < 1.29 is 34.1 Å². The van der Waals surface area contributed by atoms with Crippen molar-refractivity contribution in [3.63, 3.8) is 0 Å². The summed E-state index contributed by atoms with van der Waals surface area (Å²) in [6.45, 7) is 3.05. The van der Waals surface area contributed by atoms with Crippen LogP contribution < -0.4 is 25.2 Å². The SMILES string of the molecule is O=C([O-])C(=O)[O-].O=C1COc2ccccc2N1CC1CNCCO1. The molecule has 0 radical (unpaired) electrons. The summed E-state index contributed by atoms with van der Waals surface area (Å²) in [6, 6.07) is 7.61. The van der Waals surface area contributed by atoms with Crippen LogP contribution in [0.3, 0.4) is 0 Å². The normalized spacial score (nSPS) is 19.4. The summed E-state index contributed by atoms with van der Waals surface area (Å²) < 4.78 is 11.1. The van der Waals surface area contributed by atoms with E-state index < -0.39 is 11.9 Å². The van der Waals surface area contributed by atoms with Crippen LogP contribution >= 0.6 is 0 Å². The fourth-order valence-corrected chi connectivity index (χ4v) is 2.29. The number of carboxylic acid groups (broad SMARTS) is 2. The topological polar surface area (TPSA) is 131 Å². The van der Waals surface area contributed by atoms with Gasteiger partial charge < -0.3 is 39.5 Å². The van der Waals surface area contributed by atoms with Crippen molar-refractivity contribution in [1.29, 1.82) is 0 Å². The number of hydrogen-bond donors (Lipinski definition) is 1. The quantitative estimate of drug-likeness (QED) is 0.561. The molecule has 1 fully saturated rings. The van der Waals surface area contributed by atoms with Crippen molar-refractivity contribution in [2.75, 3.05) is 37.7 Å². The van der Waals surface area contributed by atoms with Gasteiger partial charge in [0.25, 0.3) is 5.91 Å². The van der Waals surface area contributed by atoms with Gasteiger partial charge in [0, 0.05) is 13.1 Å². The van der Waals surface area contributed by atoms with Crippen LogP contribution in [0.4, 0.5) is 5.69 Å². The number of carbonyl (C=O) groups is 3. The van der Waals surface area contributed by atoms with Gasteiger partial charge in [-0.2, -0.15) is 0 Å². The summed E-state index contributed by atoms with van der Waals surface area (Å²) in [5.41, 5.74) is 0.836. The van der Waals surface area contributed by atoms with Crippen LogP contribution in [-0.2, 0) is 19.1 Å². The Bertz CT molecular complexity index is 602. The van der Waals surface area contributed by atoms with E-state index in [1.54, 1.807) is 4.90 Å². The molecule has 1 unspecified atom stereocenters. The number of amides is 1. The number of anilines is 1. The highest BCUT2D eigenvalue weighted by Gasteiger charge is 2.28. The van der Waals surface area contributed by atoms with Gasteiger partial charge in [-0.25, -0.2) is 0 Å². The van der Waals surface area contributed by atoms with Gasteiger partial charge in [-0.05, 0) is 12.1 Å². The van der Waals surface area contributed by atoms with Crippen molar-refractivity contribution >= 4 is 23.5 Å². The molecule has 0 aromatic heterocycles. The summed E-state index contributed by atoms with van der Waals surface area (Å²) >= 11 is 0. The number of rotatable bonds is 2. The molecule has 130 valence electrons. The minimum Gasteiger partial charge on any atom is -0.543 e. The first-order chi connectivity index (χ1) is 11.5. The van der Waals surface area contributed by atoms with E-state index >= 15 is 0 Å². The van der Waals surface area contributed by atoms with Crippen LogP contribution in [0.25, 0.3) is 0 Å². The minimum absolute atomic E-state index is 0.0112. The summed E-state index contributed by atoms with van der Waals surface area (Å²) in [5.74, 6) is -3.62. The molecule has 1 aromatic rings. The van der Waals surface area contributed by atoms with Crippen molar-refractivity contribution in [2.45, 2.75) is 6.10 Å². The van der Waals surface area contributed by atoms with Crippen LogP contribution in [-0.4, -0.2) is 56.8 Å². The third-order valence-electron chi connectivity index (χ3n) is 3.37. The number of morpholine rings is 1. The van der Waals surface area contributed by atoms with Crippen LogP contribution in [0.15, 0.2) is 24.3 Å². The molecular formula is C15H16N2O7-2. The molecule has 1 atom stereocenters. The summed E-state index contributed by atoms with van der Waals surface area (Å²) in [5, 5.41) is 21.1. The second-order valence-electron chi connectivity index (χ2n) is 5.03. The molecule has 0 bridgehead atoms. The minimum atomic E-state index is -2.19. The molecule has 2 aliphatic heterocycles. The highest BCUT2D eigenvalue weighted by Crippen LogP contribution is 2.31. The van der Waals surface area contributed by atoms with Gasteiger partial charge in [-0.3, -0.25) is 4.79 Å². The number of para-hydroxylation sites is 2. The molecule has 3 rings (SSSR count). The molecule has 0 saturated carbocycles. The van der Waals surface area contributed by atoms with Gasteiger partial charge in [-0.15, -0.1) is 0 Å². The lowest BCUT2D eigenvalue weighted by Crippen LogP contribution is -2.49. The Hall–Kier alpha value is -2.65. The Balaban J connectivity index is 0.000000301. The zero-order chi connectivity index (χ0) is 17.5. The largest absolute Gasteiger partial charge is 0.543 e. The number of fused-ring (bicyclic) bond motifs is 1. The highest BCUT2D eigenvalue weighted by atomic mass is 16.5. The smallest absolute Gasteiger partial charge is 0.265 e. The molecule has 24 heavy (non-hydrogen) atoms. The lowest BCUT2D eigenvalue weighted by Gasteiger charge is -2.33. The molecule has 0 aliphatic carbocycles. The molecule has 9 nitrogen and oxygen atoms in total. The molecule has 2 heterocycles. The molecule has 2 aliphatic rings. The average Bonchev–Trinajstić information content (AvgIpc) is 2.59. The third kappa shape index (κ3) is 4.67. The lowest BCUT2D eigenvalue weighted by molar-refractivity contribution is -0.345. The number of nitrogens with zero attached hydrogens (tertiary/aromatic N) is 1. The lowest BCUT2D eigenvalue weighted by atomic mass is 10.2. The van der Waals surface area contributed by atoms with Crippen molar-refractivity contribution in [1.82, 2.24) is 5.32 Å². The second kappa shape index (κ2) is 8.27.